The highest BCUT2D eigenvalue weighted by molar-refractivity contribution is 5.48. The molecule has 1 N–H and O–H groups in total. The van der Waals surface area contributed by atoms with Crippen molar-refractivity contribution in [3.05, 3.63) is 24.3 Å². The standard InChI is InChI=1S/C14H23NO2/c1-5-11(2)14(16)10-15(3)12-6-8-13(17-4)9-7-12/h6-9,11,14,16H,5,10H2,1-4H3. The van der Waals surface area contributed by atoms with Crippen molar-refractivity contribution in [3.8, 4) is 5.75 Å². The number of likely N-dealkylation sites (N-methyl/N-ethyl adjacent to an activating group) is 1. The molecule has 0 fully saturated rings. The minimum absolute atomic E-state index is 0.285. The largest absolute Gasteiger partial charge is 0.497 e. The lowest BCUT2D eigenvalue weighted by Gasteiger charge is -2.25. The van der Waals surface area contributed by atoms with Crippen molar-refractivity contribution in [1.29, 1.82) is 0 Å². The molecule has 0 saturated heterocycles. The van der Waals surface area contributed by atoms with E-state index in [1.807, 2.05) is 31.3 Å². The average molecular weight is 237 g/mol. The van der Waals surface area contributed by atoms with Crippen LogP contribution in [0.4, 0.5) is 5.69 Å². The third kappa shape index (κ3) is 3.93. The summed E-state index contributed by atoms with van der Waals surface area (Å²) in [5, 5.41) is 9.98. The van der Waals surface area contributed by atoms with Crippen molar-refractivity contribution >= 4 is 5.69 Å². The normalized spacial score (nSPS) is 14.2. The molecule has 96 valence electrons. The number of aliphatic hydroxyl groups excluding tert-OH is 1. The zero-order chi connectivity index (χ0) is 12.8. The van der Waals surface area contributed by atoms with Gasteiger partial charge in [-0.1, -0.05) is 20.3 Å². The molecule has 0 bridgehead atoms. The van der Waals surface area contributed by atoms with Crippen LogP contribution in [0.5, 0.6) is 5.75 Å². The minimum atomic E-state index is -0.285. The molecule has 1 aromatic carbocycles. The highest BCUT2D eigenvalue weighted by atomic mass is 16.5. The second-order valence-corrected chi connectivity index (χ2v) is 4.53. The van der Waals surface area contributed by atoms with Crippen LogP contribution in [0.15, 0.2) is 24.3 Å². The fourth-order valence-corrected chi connectivity index (χ4v) is 1.67. The van der Waals surface area contributed by atoms with E-state index in [4.69, 9.17) is 4.74 Å². The Morgan fingerprint density at radius 2 is 1.88 bits per heavy atom. The molecule has 0 aliphatic heterocycles. The molecule has 1 rings (SSSR count). The van der Waals surface area contributed by atoms with Gasteiger partial charge in [0.25, 0.3) is 0 Å². The lowest BCUT2D eigenvalue weighted by molar-refractivity contribution is 0.121. The van der Waals surface area contributed by atoms with Crippen molar-refractivity contribution < 1.29 is 9.84 Å². The van der Waals surface area contributed by atoms with E-state index >= 15 is 0 Å². The molecule has 3 heteroatoms. The van der Waals surface area contributed by atoms with Crippen LogP contribution >= 0.6 is 0 Å². The first-order chi connectivity index (χ1) is 8.08. The van der Waals surface area contributed by atoms with Crippen molar-refractivity contribution in [1.82, 2.24) is 0 Å². The number of anilines is 1. The number of hydrogen-bond acceptors (Lipinski definition) is 3. The zero-order valence-electron chi connectivity index (χ0n) is 11.2. The van der Waals surface area contributed by atoms with E-state index in [0.717, 1.165) is 17.9 Å². The third-order valence-corrected chi connectivity index (χ3v) is 3.27. The van der Waals surface area contributed by atoms with Crippen LogP contribution < -0.4 is 9.64 Å². The van der Waals surface area contributed by atoms with Gasteiger partial charge in [0.2, 0.25) is 0 Å². The molecule has 17 heavy (non-hydrogen) atoms. The van der Waals surface area contributed by atoms with Gasteiger partial charge in [-0.3, -0.25) is 0 Å². The molecule has 0 aliphatic rings. The zero-order valence-corrected chi connectivity index (χ0v) is 11.2. The summed E-state index contributed by atoms with van der Waals surface area (Å²) in [7, 11) is 3.65. The predicted molar refractivity (Wildman–Crippen MR) is 71.7 cm³/mol. The van der Waals surface area contributed by atoms with E-state index in [2.05, 4.69) is 18.7 Å². The van der Waals surface area contributed by atoms with Crippen LogP contribution in [0, 0.1) is 5.92 Å². The summed E-state index contributed by atoms with van der Waals surface area (Å²) in [5.74, 6) is 1.18. The summed E-state index contributed by atoms with van der Waals surface area (Å²) in [6.45, 7) is 4.83. The predicted octanol–water partition coefficient (Wildman–Crippen LogP) is 2.54. The molecule has 0 heterocycles. The van der Waals surface area contributed by atoms with E-state index in [1.54, 1.807) is 7.11 Å². The second-order valence-electron chi connectivity index (χ2n) is 4.53. The van der Waals surface area contributed by atoms with Gasteiger partial charge in [-0.2, -0.15) is 0 Å². The highest BCUT2D eigenvalue weighted by Crippen LogP contribution is 2.19. The van der Waals surface area contributed by atoms with Gasteiger partial charge in [0.05, 0.1) is 13.2 Å². The van der Waals surface area contributed by atoms with E-state index in [-0.39, 0.29) is 6.10 Å². The molecule has 1 aromatic rings. The summed E-state index contributed by atoms with van der Waals surface area (Å²) < 4.78 is 5.12. The molecule has 0 aromatic heterocycles. The van der Waals surface area contributed by atoms with Gasteiger partial charge >= 0.3 is 0 Å². The first-order valence-electron chi connectivity index (χ1n) is 6.11. The molecule has 0 amide bonds. The first-order valence-corrected chi connectivity index (χ1v) is 6.11. The van der Waals surface area contributed by atoms with Gasteiger partial charge in [0, 0.05) is 19.3 Å². The minimum Gasteiger partial charge on any atom is -0.497 e. The van der Waals surface area contributed by atoms with Crippen molar-refractivity contribution in [3.63, 3.8) is 0 Å². The Kier molecular flexibility index (Phi) is 5.29. The lowest BCUT2D eigenvalue weighted by Crippen LogP contribution is -2.33. The van der Waals surface area contributed by atoms with Crippen LogP contribution in [0.25, 0.3) is 0 Å². The fourth-order valence-electron chi connectivity index (χ4n) is 1.67. The molecule has 0 spiro atoms. The van der Waals surface area contributed by atoms with E-state index in [0.29, 0.717) is 12.5 Å². The first kappa shape index (κ1) is 13.8. The Morgan fingerprint density at radius 3 is 2.35 bits per heavy atom. The summed E-state index contributed by atoms with van der Waals surface area (Å²) >= 11 is 0. The van der Waals surface area contributed by atoms with Gasteiger partial charge in [-0.15, -0.1) is 0 Å². The average Bonchev–Trinajstić information content (AvgIpc) is 2.37. The fraction of sp³-hybridized carbons (Fsp3) is 0.571. The SMILES string of the molecule is CCC(C)C(O)CN(C)c1ccc(OC)cc1. The van der Waals surface area contributed by atoms with Crippen LogP contribution in [0.1, 0.15) is 20.3 Å². The summed E-state index contributed by atoms with van der Waals surface area (Å²) in [6, 6.07) is 7.87. The molecular weight excluding hydrogens is 214 g/mol. The smallest absolute Gasteiger partial charge is 0.119 e. The van der Waals surface area contributed by atoms with Crippen molar-refractivity contribution in [2.24, 2.45) is 5.92 Å². The maximum atomic E-state index is 9.98. The summed E-state index contributed by atoms with van der Waals surface area (Å²) in [6.07, 6.45) is 0.713. The number of nitrogens with zero attached hydrogens (tertiary/aromatic N) is 1. The highest BCUT2D eigenvalue weighted by Gasteiger charge is 2.14. The summed E-state index contributed by atoms with van der Waals surface area (Å²) in [5.41, 5.74) is 1.09. The van der Waals surface area contributed by atoms with Crippen LogP contribution in [0.2, 0.25) is 0 Å². The van der Waals surface area contributed by atoms with Gasteiger partial charge in [0.1, 0.15) is 5.75 Å². The quantitative estimate of drug-likeness (QED) is 0.825. The molecular formula is C14H23NO2. The molecule has 2 unspecified atom stereocenters. The van der Waals surface area contributed by atoms with E-state index in [1.165, 1.54) is 0 Å². The van der Waals surface area contributed by atoms with Gasteiger partial charge < -0.3 is 14.7 Å². The Labute approximate surface area is 104 Å². The molecule has 0 aliphatic carbocycles. The number of hydrogen-bond donors (Lipinski definition) is 1. The molecule has 0 radical (unpaired) electrons. The maximum absolute atomic E-state index is 9.98. The number of rotatable bonds is 6. The van der Waals surface area contributed by atoms with Crippen LogP contribution in [-0.2, 0) is 0 Å². The number of benzene rings is 1. The van der Waals surface area contributed by atoms with E-state index < -0.39 is 0 Å². The topological polar surface area (TPSA) is 32.7 Å². The Morgan fingerprint density at radius 1 is 1.29 bits per heavy atom. The maximum Gasteiger partial charge on any atom is 0.119 e. The molecule has 2 atom stereocenters. The van der Waals surface area contributed by atoms with E-state index in [9.17, 15) is 5.11 Å². The number of ether oxygens (including phenoxy) is 1. The lowest BCUT2D eigenvalue weighted by atomic mass is 10.0. The monoisotopic (exact) mass is 237 g/mol. The van der Waals surface area contributed by atoms with Crippen molar-refractivity contribution in [2.75, 3.05) is 25.6 Å². The molecule has 3 nitrogen and oxygen atoms in total. The van der Waals surface area contributed by atoms with Gasteiger partial charge in [-0.25, -0.2) is 0 Å². The summed E-state index contributed by atoms with van der Waals surface area (Å²) in [4.78, 5) is 2.07. The Balaban J connectivity index is 2.59. The number of aliphatic hydroxyl groups is 1. The van der Waals surface area contributed by atoms with Gasteiger partial charge in [-0.05, 0) is 30.2 Å². The van der Waals surface area contributed by atoms with Crippen molar-refractivity contribution in [2.45, 2.75) is 26.4 Å². The van der Waals surface area contributed by atoms with Gasteiger partial charge in [0.15, 0.2) is 0 Å². The molecule has 0 saturated carbocycles. The van der Waals surface area contributed by atoms with Crippen LogP contribution in [-0.4, -0.2) is 31.9 Å². The Hall–Kier alpha value is -1.22. The second kappa shape index (κ2) is 6.50. The third-order valence-electron chi connectivity index (χ3n) is 3.27. The number of methoxy groups -OCH3 is 1. The van der Waals surface area contributed by atoms with Crippen LogP contribution in [0.3, 0.4) is 0 Å². The Bertz CT molecular complexity index is 323.